The predicted molar refractivity (Wildman–Crippen MR) is 612 cm³/mol. The Morgan fingerprint density at radius 2 is 0.329 bits per heavy atom. The maximum atomic E-state index is 7.19. The van der Waals surface area contributed by atoms with Gasteiger partial charge in [0.25, 0.3) is 0 Å². The van der Waals surface area contributed by atoms with Crippen molar-refractivity contribution in [3.8, 4) is 123 Å². The van der Waals surface area contributed by atoms with Gasteiger partial charge in [-0.1, -0.05) is 298 Å². The first-order chi connectivity index (χ1) is 71.3. The molecule has 7 heteroatoms. The Labute approximate surface area is 845 Å². The van der Waals surface area contributed by atoms with E-state index in [1.807, 2.05) is 0 Å². The molecule has 27 aromatic rings. The Morgan fingerprint density at radius 1 is 0.151 bits per heavy atom. The van der Waals surface area contributed by atoms with Gasteiger partial charge in [0, 0.05) is 127 Å². The van der Waals surface area contributed by atoms with Crippen molar-refractivity contribution in [2.45, 2.75) is 83.6 Å². The molecule has 0 atom stereocenters. The molecule has 7 nitrogen and oxygen atoms in total. The number of aromatic nitrogens is 6. The molecular formula is C139H99N7. The number of nitrogens with zero attached hydrogens (tertiary/aromatic N) is 6. The van der Waals surface area contributed by atoms with Crippen molar-refractivity contribution in [1.29, 1.82) is 0 Å². The SMILES string of the molecule is CC1(C)c2ccccc2-c2ccc(-n3c4ccccc4c4cc(-c5ccc6c(c5)c5cc(-c7ccc8c(c7)c7ccccc7n8-c7ccc8c(c7)C(C)(C)c7ccccc7-8)ccc5n6-c5cc(CN)cc(-n6c7ccc(-c8ccc9c(c8)c8ccccc8n9-c8ccc9c(c8)C(C)(C)c8ccccc8-9)cc7c7cc(-c8ccc9c(c8)c8ccccc8n9-c8ccc9c(c8)C(C)(C)c8ccccc8-9)ccc76)c5)ccc43)cc21. The number of nitrogens with two attached hydrogens (primary N) is 1. The Kier molecular flexibility index (Phi) is 16.9. The highest BCUT2D eigenvalue weighted by Gasteiger charge is 2.41. The van der Waals surface area contributed by atoms with Crippen LogP contribution in [0.1, 0.15) is 105 Å². The summed E-state index contributed by atoms with van der Waals surface area (Å²) >= 11 is 0. The summed E-state index contributed by atoms with van der Waals surface area (Å²) in [6.45, 7) is 19.3. The second kappa shape index (κ2) is 29.8. The van der Waals surface area contributed by atoms with Crippen LogP contribution in [-0.2, 0) is 28.2 Å². The van der Waals surface area contributed by atoms with Gasteiger partial charge in [0.2, 0.25) is 0 Å². The zero-order valence-electron chi connectivity index (χ0n) is 82.5. The molecule has 0 saturated heterocycles. The zero-order valence-corrected chi connectivity index (χ0v) is 82.5. The highest BCUT2D eigenvalue weighted by atomic mass is 15.0. The summed E-state index contributed by atoms with van der Waals surface area (Å²) in [5.41, 5.74) is 58.8. The Balaban J connectivity index is 0.583. The predicted octanol–water partition coefficient (Wildman–Crippen LogP) is 35.6. The lowest BCUT2D eigenvalue weighted by Gasteiger charge is -2.22. The van der Waals surface area contributed by atoms with E-state index in [0.717, 1.165) is 128 Å². The fraction of sp³-hybridized carbons (Fsp3) is 0.0935. The van der Waals surface area contributed by atoms with E-state index in [0.29, 0.717) is 6.54 Å². The van der Waals surface area contributed by atoms with Crippen molar-refractivity contribution in [2.24, 2.45) is 5.73 Å². The van der Waals surface area contributed by atoms with E-state index < -0.39 is 0 Å². The van der Waals surface area contributed by atoms with Crippen LogP contribution < -0.4 is 5.73 Å². The maximum Gasteiger partial charge on any atom is 0.0541 e. The summed E-state index contributed by atoms with van der Waals surface area (Å²) in [5, 5.41) is 14.4. The van der Waals surface area contributed by atoms with Crippen LogP contribution in [0.3, 0.4) is 0 Å². The van der Waals surface area contributed by atoms with E-state index in [1.165, 1.54) is 176 Å². The molecule has 6 aromatic heterocycles. The number of para-hydroxylation sites is 4. The highest BCUT2D eigenvalue weighted by molar-refractivity contribution is 6.19. The summed E-state index contributed by atoms with van der Waals surface area (Å²) in [6, 6.07) is 165. The van der Waals surface area contributed by atoms with E-state index in [-0.39, 0.29) is 21.7 Å². The number of benzene rings is 21. The molecule has 0 saturated carbocycles. The summed E-state index contributed by atoms with van der Waals surface area (Å²) in [5.74, 6) is 0. The second-order valence-corrected chi connectivity index (χ2v) is 43.6. The lowest BCUT2D eigenvalue weighted by Crippen LogP contribution is -2.15. The van der Waals surface area contributed by atoms with Gasteiger partial charge >= 0.3 is 0 Å². The van der Waals surface area contributed by atoms with E-state index in [2.05, 4.69) is 514 Å². The lowest BCUT2D eigenvalue weighted by molar-refractivity contribution is 0.660. The largest absolute Gasteiger partial charge is 0.326 e. The van der Waals surface area contributed by atoms with Gasteiger partial charge in [0.1, 0.15) is 0 Å². The molecule has 0 radical (unpaired) electrons. The molecule has 0 unspecified atom stereocenters. The number of rotatable bonds is 11. The third kappa shape index (κ3) is 11.5. The molecule has 0 bridgehead atoms. The number of fused-ring (bicyclic) bond motifs is 30. The molecule has 31 rings (SSSR count). The maximum absolute atomic E-state index is 7.19. The van der Waals surface area contributed by atoms with Crippen LogP contribution in [0.25, 0.3) is 254 Å². The van der Waals surface area contributed by atoms with Gasteiger partial charge in [0.05, 0.1) is 66.2 Å². The van der Waals surface area contributed by atoms with Crippen molar-refractivity contribution in [1.82, 2.24) is 27.4 Å². The van der Waals surface area contributed by atoms with Gasteiger partial charge in [-0.2, -0.15) is 0 Å². The Morgan fingerprint density at radius 3 is 0.548 bits per heavy atom. The van der Waals surface area contributed by atoms with Crippen LogP contribution in [0.15, 0.2) is 431 Å². The summed E-state index contributed by atoms with van der Waals surface area (Å²) < 4.78 is 15.0. The van der Waals surface area contributed by atoms with Gasteiger partial charge in [-0.3, -0.25) is 0 Å². The van der Waals surface area contributed by atoms with E-state index in [1.54, 1.807) is 0 Å². The molecule has 0 aliphatic heterocycles. The van der Waals surface area contributed by atoms with Gasteiger partial charge in [0.15, 0.2) is 0 Å². The Bertz CT molecular complexity index is 9380. The average molecular weight is 1870 g/mol. The Hall–Kier alpha value is -17.6. The molecule has 0 fully saturated rings. The molecule has 4 aliphatic carbocycles. The topological polar surface area (TPSA) is 55.6 Å². The first-order valence-corrected chi connectivity index (χ1v) is 51.5. The second-order valence-electron chi connectivity index (χ2n) is 43.6. The normalized spacial score (nSPS) is 14.3. The highest BCUT2D eigenvalue weighted by Crippen LogP contribution is 2.57. The van der Waals surface area contributed by atoms with Crippen LogP contribution in [0.4, 0.5) is 0 Å². The minimum absolute atomic E-state index is 0.148. The standard InChI is InChI=1S/C139H99N7/c1-136(2)116-33-17-9-25-96(116)100-53-49-90(76-120(100)136)141-124-37-21-13-29-104(124)108-67-82(41-57-128(108)141)86-45-61-132-112(71-86)113-72-87(83-42-58-129-109(68-83)105-30-14-22-38-125(105)142(129)91-50-54-101-97-26-10-18-34-117(97)137(3,4)121(101)77-91)46-62-133(113)145(132)94-65-81(80-140)66-95(75-94)146-134-63-47-88(84-43-59-130-110(69-84)106-31-15-23-39-126(106)143(130)92-51-55-102-98-27-11-19-35-118(98)138(5,6)122(102)78-92)73-114(134)115-74-89(48-64-135(115)146)85-44-60-131-111(70-85)107-32-16-24-40-127(107)144(131)93-52-56-103-99-28-12-20-36-119(99)139(7,8)123(103)79-93/h9-79H,80,140H2,1-8H3. The average Bonchev–Trinajstić information content (AvgIpc) is 1.55. The summed E-state index contributed by atoms with van der Waals surface area (Å²) in [4.78, 5) is 0. The third-order valence-electron chi connectivity index (χ3n) is 34.6. The number of hydrogen-bond acceptors (Lipinski definition) is 1. The van der Waals surface area contributed by atoms with Gasteiger partial charge < -0.3 is 33.1 Å². The van der Waals surface area contributed by atoms with Gasteiger partial charge in [-0.05, 0) is 327 Å². The molecule has 146 heavy (non-hydrogen) atoms. The van der Waals surface area contributed by atoms with E-state index >= 15 is 0 Å². The first kappa shape index (κ1) is 83.0. The molecule has 6 heterocycles. The van der Waals surface area contributed by atoms with Crippen molar-refractivity contribution in [3.05, 3.63) is 481 Å². The van der Waals surface area contributed by atoms with Crippen LogP contribution >= 0.6 is 0 Å². The quantitative estimate of drug-likeness (QED) is 0.138. The van der Waals surface area contributed by atoms with Crippen LogP contribution in [0, 0.1) is 0 Å². The van der Waals surface area contributed by atoms with Gasteiger partial charge in [-0.25, -0.2) is 0 Å². The lowest BCUT2D eigenvalue weighted by atomic mass is 9.82. The fourth-order valence-electron chi connectivity index (χ4n) is 27.4. The molecule has 0 spiro atoms. The van der Waals surface area contributed by atoms with Crippen LogP contribution in [0.2, 0.25) is 0 Å². The summed E-state index contributed by atoms with van der Waals surface area (Å²) in [6.07, 6.45) is 0. The summed E-state index contributed by atoms with van der Waals surface area (Å²) in [7, 11) is 0. The fourth-order valence-corrected chi connectivity index (χ4v) is 27.4. The van der Waals surface area contributed by atoms with E-state index in [9.17, 15) is 0 Å². The van der Waals surface area contributed by atoms with Crippen LogP contribution in [-0.4, -0.2) is 27.4 Å². The van der Waals surface area contributed by atoms with Gasteiger partial charge in [-0.15, -0.1) is 0 Å². The molecule has 4 aliphatic rings. The van der Waals surface area contributed by atoms with Crippen LogP contribution in [0.5, 0.6) is 0 Å². The minimum atomic E-state index is -0.148. The molecule has 2 N–H and O–H groups in total. The van der Waals surface area contributed by atoms with Crippen molar-refractivity contribution in [2.75, 3.05) is 0 Å². The monoisotopic (exact) mass is 1870 g/mol. The molecule has 0 amide bonds. The molecule has 21 aromatic carbocycles. The smallest absolute Gasteiger partial charge is 0.0541 e. The number of hydrogen-bond donors (Lipinski definition) is 1. The van der Waals surface area contributed by atoms with Crippen molar-refractivity contribution in [3.63, 3.8) is 0 Å². The molecule has 690 valence electrons. The zero-order chi connectivity index (χ0) is 97.1. The van der Waals surface area contributed by atoms with Crippen molar-refractivity contribution < 1.29 is 0 Å². The van der Waals surface area contributed by atoms with E-state index in [4.69, 9.17) is 5.73 Å². The minimum Gasteiger partial charge on any atom is -0.326 e. The van der Waals surface area contributed by atoms with Crippen molar-refractivity contribution >= 4 is 131 Å². The third-order valence-corrected chi connectivity index (χ3v) is 34.6. The molecular weight excluding hydrogens is 1770 g/mol. The first-order valence-electron chi connectivity index (χ1n) is 51.5.